The van der Waals surface area contributed by atoms with Gasteiger partial charge in [0, 0.05) is 54.5 Å². The number of benzene rings is 2. The van der Waals surface area contributed by atoms with E-state index in [9.17, 15) is 9.59 Å². The Morgan fingerprint density at radius 1 is 0.935 bits per heavy atom. The molecule has 0 N–H and O–H groups in total. The van der Waals surface area contributed by atoms with E-state index in [1.807, 2.05) is 24.3 Å². The lowest BCUT2D eigenvalue weighted by Gasteiger charge is -2.34. The molecule has 0 spiro atoms. The standard InChI is InChI=1S/C23H22Cl2N4O2/c1-16-14-21(30)22(26-29(16)20-8-6-19(25)7-9-20)23(31)28-12-10-27(11-13-28)15-17-2-4-18(24)5-3-17/h2-9,14H,10-13,15H2,1H3. The van der Waals surface area contributed by atoms with Crippen molar-refractivity contribution < 1.29 is 4.79 Å². The third kappa shape index (κ3) is 4.98. The molecule has 1 fully saturated rings. The summed E-state index contributed by atoms with van der Waals surface area (Å²) in [6.07, 6.45) is 0. The first-order valence-electron chi connectivity index (χ1n) is 10.0. The summed E-state index contributed by atoms with van der Waals surface area (Å²) in [6.45, 7) is 5.13. The molecule has 1 amide bonds. The normalized spacial score (nSPS) is 14.6. The average Bonchev–Trinajstić information content (AvgIpc) is 2.76. The minimum atomic E-state index is -0.365. The SMILES string of the molecule is Cc1cc(=O)c(C(=O)N2CCN(Cc3ccc(Cl)cc3)CC2)nn1-c1ccc(Cl)cc1. The number of halogens is 2. The monoisotopic (exact) mass is 456 g/mol. The van der Waals surface area contributed by atoms with Gasteiger partial charge in [-0.3, -0.25) is 14.5 Å². The van der Waals surface area contributed by atoms with Crippen molar-refractivity contribution in [3.8, 4) is 5.69 Å². The van der Waals surface area contributed by atoms with Gasteiger partial charge in [0.2, 0.25) is 5.43 Å². The van der Waals surface area contributed by atoms with Crippen LogP contribution in [0.3, 0.4) is 0 Å². The van der Waals surface area contributed by atoms with Crippen molar-refractivity contribution in [2.45, 2.75) is 13.5 Å². The summed E-state index contributed by atoms with van der Waals surface area (Å²) < 4.78 is 1.60. The van der Waals surface area contributed by atoms with Crippen LogP contribution in [0.15, 0.2) is 59.4 Å². The number of hydrogen-bond acceptors (Lipinski definition) is 4. The van der Waals surface area contributed by atoms with Gasteiger partial charge in [0.25, 0.3) is 5.91 Å². The van der Waals surface area contributed by atoms with E-state index in [0.29, 0.717) is 28.8 Å². The minimum Gasteiger partial charge on any atom is -0.335 e. The summed E-state index contributed by atoms with van der Waals surface area (Å²) in [5.41, 5.74) is 2.14. The minimum absolute atomic E-state index is 0.0632. The van der Waals surface area contributed by atoms with Crippen molar-refractivity contribution in [1.29, 1.82) is 0 Å². The predicted molar refractivity (Wildman–Crippen MR) is 122 cm³/mol. The first-order chi connectivity index (χ1) is 14.9. The molecular weight excluding hydrogens is 435 g/mol. The average molecular weight is 457 g/mol. The molecule has 3 aromatic rings. The molecule has 1 aromatic heterocycles. The molecule has 4 rings (SSSR count). The number of amides is 1. The van der Waals surface area contributed by atoms with Gasteiger partial charge < -0.3 is 4.90 Å². The summed E-state index contributed by atoms with van der Waals surface area (Å²) >= 11 is 11.9. The van der Waals surface area contributed by atoms with Crippen LogP contribution in [0.25, 0.3) is 5.69 Å². The Bertz CT molecular complexity index is 1140. The third-order valence-electron chi connectivity index (χ3n) is 5.36. The van der Waals surface area contributed by atoms with Gasteiger partial charge in [0.1, 0.15) is 0 Å². The predicted octanol–water partition coefficient (Wildman–Crippen LogP) is 3.81. The molecule has 6 nitrogen and oxygen atoms in total. The van der Waals surface area contributed by atoms with E-state index in [2.05, 4.69) is 10.00 Å². The number of carbonyl (C=O) groups excluding carboxylic acids is 1. The fourth-order valence-electron chi connectivity index (χ4n) is 3.65. The quantitative estimate of drug-likeness (QED) is 0.598. The van der Waals surface area contributed by atoms with Gasteiger partial charge >= 0.3 is 0 Å². The van der Waals surface area contributed by atoms with E-state index in [4.69, 9.17) is 23.2 Å². The molecule has 160 valence electrons. The van der Waals surface area contributed by atoms with Gasteiger partial charge in [-0.1, -0.05) is 35.3 Å². The van der Waals surface area contributed by atoms with Gasteiger partial charge in [0.15, 0.2) is 5.69 Å². The van der Waals surface area contributed by atoms with Crippen LogP contribution >= 0.6 is 23.2 Å². The fourth-order valence-corrected chi connectivity index (χ4v) is 3.90. The summed E-state index contributed by atoms with van der Waals surface area (Å²) in [7, 11) is 0. The van der Waals surface area contributed by atoms with Gasteiger partial charge in [-0.05, 0) is 48.9 Å². The molecule has 0 radical (unpaired) electrons. The highest BCUT2D eigenvalue weighted by Crippen LogP contribution is 2.16. The Hall–Kier alpha value is -2.67. The maximum absolute atomic E-state index is 13.1. The largest absolute Gasteiger partial charge is 0.335 e. The highest BCUT2D eigenvalue weighted by molar-refractivity contribution is 6.30. The number of hydrogen-bond donors (Lipinski definition) is 0. The molecule has 2 heterocycles. The smallest absolute Gasteiger partial charge is 0.278 e. The lowest BCUT2D eigenvalue weighted by Crippen LogP contribution is -2.49. The highest BCUT2D eigenvalue weighted by atomic mass is 35.5. The van der Waals surface area contributed by atoms with Crippen LogP contribution in [0, 0.1) is 6.92 Å². The summed E-state index contributed by atoms with van der Waals surface area (Å²) in [5.74, 6) is -0.334. The molecule has 1 aliphatic rings. The maximum atomic E-state index is 13.1. The first kappa shape index (κ1) is 21.6. The number of aryl methyl sites for hydroxylation is 1. The van der Waals surface area contributed by atoms with Crippen LogP contribution in [0.5, 0.6) is 0 Å². The molecule has 2 aromatic carbocycles. The van der Waals surface area contributed by atoms with Crippen molar-refractivity contribution in [2.75, 3.05) is 26.2 Å². The maximum Gasteiger partial charge on any atom is 0.278 e. The summed E-state index contributed by atoms with van der Waals surface area (Å²) in [6, 6.07) is 16.3. The summed E-state index contributed by atoms with van der Waals surface area (Å²) in [4.78, 5) is 29.6. The van der Waals surface area contributed by atoms with Crippen molar-refractivity contribution in [3.63, 3.8) is 0 Å². The Morgan fingerprint density at radius 3 is 2.13 bits per heavy atom. The molecule has 0 unspecified atom stereocenters. The Kier molecular flexibility index (Phi) is 6.41. The molecule has 0 aliphatic carbocycles. The fraction of sp³-hybridized carbons (Fsp3) is 0.261. The van der Waals surface area contributed by atoms with Crippen LogP contribution in [0.4, 0.5) is 0 Å². The highest BCUT2D eigenvalue weighted by Gasteiger charge is 2.25. The van der Waals surface area contributed by atoms with Crippen molar-refractivity contribution >= 4 is 29.1 Å². The second-order valence-electron chi connectivity index (χ2n) is 7.58. The van der Waals surface area contributed by atoms with E-state index in [0.717, 1.165) is 25.3 Å². The number of nitrogens with zero attached hydrogens (tertiary/aromatic N) is 4. The van der Waals surface area contributed by atoms with E-state index < -0.39 is 0 Å². The zero-order chi connectivity index (χ0) is 22.0. The first-order valence-corrected chi connectivity index (χ1v) is 10.8. The van der Waals surface area contributed by atoms with Crippen molar-refractivity contribution in [3.05, 3.63) is 91.8 Å². The Morgan fingerprint density at radius 2 is 1.52 bits per heavy atom. The van der Waals surface area contributed by atoms with Crippen LogP contribution in [-0.2, 0) is 6.54 Å². The molecule has 8 heteroatoms. The number of rotatable bonds is 4. The van der Waals surface area contributed by atoms with E-state index in [1.54, 1.807) is 40.8 Å². The zero-order valence-corrected chi connectivity index (χ0v) is 18.6. The second-order valence-corrected chi connectivity index (χ2v) is 8.45. The molecule has 0 atom stereocenters. The number of carbonyl (C=O) groups is 1. The lowest BCUT2D eigenvalue weighted by atomic mass is 10.2. The topological polar surface area (TPSA) is 58.4 Å². The van der Waals surface area contributed by atoms with Crippen LogP contribution in [0.1, 0.15) is 21.7 Å². The molecule has 1 saturated heterocycles. The number of piperazine rings is 1. The van der Waals surface area contributed by atoms with E-state index in [-0.39, 0.29) is 17.0 Å². The van der Waals surface area contributed by atoms with Crippen molar-refractivity contribution in [2.24, 2.45) is 0 Å². The van der Waals surface area contributed by atoms with Gasteiger partial charge in [-0.2, -0.15) is 5.10 Å². The Labute approximate surface area is 190 Å². The van der Waals surface area contributed by atoms with Crippen LogP contribution in [-0.4, -0.2) is 51.7 Å². The van der Waals surface area contributed by atoms with E-state index >= 15 is 0 Å². The third-order valence-corrected chi connectivity index (χ3v) is 5.86. The molecule has 0 saturated carbocycles. The van der Waals surface area contributed by atoms with Crippen LogP contribution in [0.2, 0.25) is 10.0 Å². The van der Waals surface area contributed by atoms with Gasteiger partial charge in [0.05, 0.1) is 5.69 Å². The summed E-state index contributed by atoms with van der Waals surface area (Å²) in [5, 5.41) is 5.71. The van der Waals surface area contributed by atoms with E-state index in [1.165, 1.54) is 11.6 Å². The Balaban J connectivity index is 1.47. The molecule has 0 bridgehead atoms. The van der Waals surface area contributed by atoms with Crippen molar-refractivity contribution in [1.82, 2.24) is 19.6 Å². The lowest BCUT2D eigenvalue weighted by molar-refractivity contribution is 0.0619. The van der Waals surface area contributed by atoms with Crippen LogP contribution < -0.4 is 5.43 Å². The molecule has 1 aliphatic heterocycles. The van der Waals surface area contributed by atoms with Gasteiger partial charge in [-0.25, -0.2) is 4.68 Å². The van der Waals surface area contributed by atoms with Gasteiger partial charge in [-0.15, -0.1) is 0 Å². The zero-order valence-electron chi connectivity index (χ0n) is 17.1. The molecular formula is C23H22Cl2N4O2. The second kappa shape index (κ2) is 9.22. The number of aromatic nitrogens is 2. The molecule has 31 heavy (non-hydrogen) atoms.